The molecule has 3 rings (SSSR count). The summed E-state index contributed by atoms with van der Waals surface area (Å²) in [4.78, 5) is 137. The van der Waals surface area contributed by atoms with Crippen LogP contribution >= 0.6 is 0 Å². The number of alkyl carbamates (subject to hydrolysis) is 1. The number of hydrogen-bond donors (Lipinski definition) is 13. The molecule has 0 fully saturated rings. The fourth-order valence-electron chi connectivity index (χ4n) is 7.96. The molecular formula is C51H74N10O17S. The Kier molecular flexibility index (Phi) is 26.1. The quantitative estimate of drug-likeness (QED) is 0.0292. The predicted octanol–water partition coefficient (Wildman–Crippen LogP) is 0.881. The van der Waals surface area contributed by atoms with Crippen molar-refractivity contribution >= 4 is 80.7 Å². The van der Waals surface area contributed by atoms with E-state index in [1.54, 1.807) is 37.4 Å². The van der Waals surface area contributed by atoms with E-state index in [2.05, 4.69) is 46.4 Å². The number of aliphatic carboxylic acids is 2. The van der Waals surface area contributed by atoms with Crippen molar-refractivity contribution in [2.45, 2.75) is 166 Å². The van der Waals surface area contributed by atoms with Gasteiger partial charge in [0, 0.05) is 29.9 Å². The number of primary amides is 1. The Morgan fingerprint density at radius 1 is 0.595 bits per heavy atom. The molecule has 2 aromatic carbocycles. The second-order valence-electron chi connectivity index (χ2n) is 19.7. The van der Waals surface area contributed by atoms with Gasteiger partial charge in [0.25, 0.3) is 0 Å². The number of carbonyl (C=O) groups is 10. The average molecular weight is 1130 g/mol. The van der Waals surface area contributed by atoms with Gasteiger partial charge < -0.3 is 72.8 Å². The predicted molar refractivity (Wildman–Crippen MR) is 285 cm³/mol. The molecule has 27 nitrogen and oxygen atoms in total. The second-order valence-corrected chi connectivity index (χ2v) is 20.7. The van der Waals surface area contributed by atoms with Crippen LogP contribution in [0.4, 0.5) is 4.79 Å². The van der Waals surface area contributed by atoms with Crippen LogP contribution < -0.4 is 52.9 Å². The molecule has 1 aromatic heterocycles. The summed E-state index contributed by atoms with van der Waals surface area (Å²) < 4.78 is 41.5. The number of nitrogens with two attached hydrogens (primary N) is 2. The molecule has 0 aliphatic heterocycles. The number of hydrogen-bond acceptors (Lipinski definition) is 15. The lowest BCUT2D eigenvalue weighted by Gasteiger charge is -2.28. The fourth-order valence-corrected chi connectivity index (χ4v) is 8.31. The lowest BCUT2D eigenvalue weighted by molar-refractivity contribution is -0.141. The van der Waals surface area contributed by atoms with Crippen LogP contribution in [-0.4, -0.2) is 142 Å². The van der Waals surface area contributed by atoms with Gasteiger partial charge in [-0.15, -0.1) is 0 Å². The largest absolute Gasteiger partial charge is 0.481 e. The van der Waals surface area contributed by atoms with Crippen LogP contribution in [-0.2, 0) is 71.1 Å². The molecular weight excluding hydrogens is 1060 g/mol. The van der Waals surface area contributed by atoms with Crippen LogP contribution in [0.15, 0.2) is 54.7 Å². The molecule has 8 amide bonds. The minimum atomic E-state index is -4.92. The highest BCUT2D eigenvalue weighted by Crippen LogP contribution is 2.21. The van der Waals surface area contributed by atoms with Crippen LogP contribution in [0.2, 0.25) is 0 Å². The van der Waals surface area contributed by atoms with Gasteiger partial charge in [0.15, 0.2) is 0 Å². The smallest absolute Gasteiger partial charge is 0.446 e. The van der Waals surface area contributed by atoms with Gasteiger partial charge in [0.05, 0.1) is 12.8 Å². The van der Waals surface area contributed by atoms with E-state index in [-0.39, 0.29) is 50.0 Å². The number of carboxylic acid groups (broad SMARTS) is 2. The minimum Gasteiger partial charge on any atom is -0.481 e. The number of ether oxygens (including phenoxy) is 1. The summed E-state index contributed by atoms with van der Waals surface area (Å²) in [6.45, 7) is 8.43. The summed E-state index contributed by atoms with van der Waals surface area (Å²) in [6.07, 6.45) is 0.628. The molecule has 0 aliphatic carbocycles. The van der Waals surface area contributed by atoms with Gasteiger partial charge in [-0.25, -0.2) is 4.79 Å². The van der Waals surface area contributed by atoms with Crippen molar-refractivity contribution in [3.63, 3.8) is 0 Å². The highest BCUT2D eigenvalue weighted by molar-refractivity contribution is 7.81. The molecule has 0 unspecified atom stereocenters. The number of H-pyrrole nitrogens is 1. The van der Waals surface area contributed by atoms with Crippen LogP contribution in [0.3, 0.4) is 0 Å². The molecule has 28 heteroatoms. The molecule has 3 aromatic rings. The van der Waals surface area contributed by atoms with E-state index in [0.717, 1.165) is 12.1 Å². The number of carbonyl (C=O) groups excluding carboxylic acids is 8. The van der Waals surface area contributed by atoms with E-state index >= 15 is 0 Å². The zero-order valence-corrected chi connectivity index (χ0v) is 45.6. The fraction of sp³-hybridized carbons (Fsp3) is 0.529. The van der Waals surface area contributed by atoms with Gasteiger partial charge in [-0.1, -0.05) is 69.9 Å². The third kappa shape index (κ3) is 23.7. The second kappa shape index (κ2) is 31.5. The average Bonchev–Trinajstić information content (AvgIpc) is 3.79. The SMILES string of the molecule is CCCC[C@H](NC(=O)[C@H](Cc1c[nH]c2ccccc12)NC(=O)[C@@H](CCCCN)NC(=O)[C@H](CCCC)NC(=O)[C@H](Cc1ccc(OS(=O)(=O)O)cc1)NC(=O)[C@H](CC(=O)O)NC(=O)OC(C)(C)C)C(=O)N[C@@H](CC(=O)O)C(N)=O. The lowest BCUT2D eigenvalue weighted by Crippen LogP contribution is -2.60. The summed E-state index contributed by atoms with van der Waals surface area (Å²) >= 11 is 0. The first-order chi connectivity index (χ1) is 37.1. The van der Waals surface area contributed by atoms with Crippen LogP contribution in [0, 0.1) is 0 Å². The maximum absolute atomic E-state index is 14.6. The maximum Gasteiger partial charge on any atom is 0.446 e. The molecule has 0 bridgehead atoms. The maximum atomic E-state index is 14.6. The Bertz CT molecular complexity index is 2710. The van der Waals surface area contributed by atoms with E-state index in [9.17, 15) is 66.6 Å². The van der Waals surface area contributed by atoms with Gasteiger partial charge in [0.2, 0.25) is 41.4 Å². The summed E-state index contributed by atoms with van der Waals surface area (Å²) in [5.74, 6) is -10.0. The Morgan fingerprint density at radius 3 is 1.51 bits per heavy atom. The summed E-state index contributed by atoms with van der Waals surface area (Å²) in [5.41, 5.74) is 11.6. The first-order valence-corrected chi connectivity index (χ1v) is 27.0. The number of amides is 8. The van der Waals surface area contributed by atoms with Gasteiger partial charge in [-0.2, -0.15) is 8.42 Å². The zero-order chi connectivity index (χ0) is 59.0. The molecule has 0 saturated carbocycles. The molecule has 15 N–H and O–H groups in total. The number of carboxylic acids is 2. The van der Waals surface area contributed by atoms with E-state index in [0.29, 0.717) is 48.6 Å². The molecule has 0 saturated heterocycles. The number of rotatable bonds is 34. The van der Waals surface area contributed by atoms with Gasteiger partial charge in [-0.3, -0.25) is 47.7 Å². The van der Waals surface area contributed by atoms with Crippen molar-refractivity contribution in [2.24, 2.45) is 11.5 Å². The van der Waals surface area contributed by atoms with Crippen molar-refractivity contribution in [3.05, 3.63) is 65.9 Å². The third-order valence-electron chi connectivity index (χ3n) is 11.9. The highest BCUT2D eigenvalue weighted by atomic mass is 32.3. The van der Waals surface area contributed by atoms with Crippen molar-refractivity contribution in [1.82, 2.24) is 42.2 Å². The van der Waals surface area contributed by atoms with Gasteiger partial charge in [-0.05, 0) is 88.7 Å². The summed E-state index contributed by atoms with van der Waals surface area (Å²) in [6, 6.07) is 1.37. The first-order valence-electron chi connectivity index (χ1n) is 25.7. The molecule has 7 atom stereocenters. The van der Waals surface area contributed by atoms with Gasteiger partial charge in [0.1, 0.15) is 53.6 Å². The standard InChI is InChI=1S/C51H74N10O17S/c1-6-8-15-34(56-47(70)38(24-29-19-21-31(22-20-29)78-79(74,75)76)59-49(72)40(27-42(64)65)61-50(73)77-51(3,4)5)44(67)55-36(18-12-13-23-52)46(69)60-39(25-30-28-54-33-17-11-10-14-32(30)33)48(71)57-35(16-9-7-2)45(68)58-37(43(53)66)26-41(62)63/h10-11,14,17,19-22,28,34-40,54H,6-9,12-13,15-16,18,23-27,52H2,1-5H3,(H2,53,66)(H,55,67)(H,56,70)(H,57,71)(H,58,68)(H,59,72)(H,60,69)(H,61,73)(H,62,63)(H,64,65)(H,74,75,76)/t34-,35-,36+,37-,38-,39-,40-/m0/s1. The number of benzene rings is 2. The van der Waals surface area contributed by atoms with Crippen LogP contribution in [0.25, 0.3) is 10.9 Å². The lowest BCUT2D eigenvalue weighted by atomic mass is 10.0. The molecule has 436 valence electrons. The first kappa shape index (κ1) is 65.4. The van der Waals surface area contributed by atoms with Crippen molar-refractivity contribution < 1.29 is 80.0 Å². The number of nitrogens with one attached hydrogen (secondary N) is 8. The molecule has 1 heterocycles. The Balaban J connectivity index is 2.03. The Morgan fingerprint density at radius 2 is 1.04 bits per heavy atom. The van der Waals surface area contributed by atoms with E-state index in [1.165, 1.54) is 32.9 Å². The van der Waals surface area contributed by atoms with Crippen molar-refractivity contribution in [2.75, 3.05) is 6.54 Å². The summed E-state index contributed by atoms with van der Waals surface area (Å²) in [7, 11) is -4.92. The van der Waals surface area contributed by atoms with Crippen LogP contribution in [0.5, 0.6) is 5.75 Å². The van der Waals surface area contributed by atoms with Crippen molar-refractivity contribution in [1.29, 1.82) is 0 Å². The van der Waals surface area contributed by atoms with E-state index < -0.39 is 137 Å². The molecule has 79 heavy (non-hydrogen) atoms. The third-order valence-corrected chi connectivity index (χ3v) is 12.3. The molecule has 0 aliphatic rings. The van der Waals surface area contributed by atoms with Crippen molar-refractivity contribution in [3.8, 4) is 5.75 Å². The number of unbranched alkanes of at least 4 members (excludes halogenated alkanes) is 3. The topological polar surface area (TPSA) is 436 Å². The highest BCUT2D eigenvalue weighted by Gasteiger charge is 2.35. The van der Waals surface area contributed by atoms with E-state index in [1.807, 2.05) is 6.92 Å². The summed E-state index contributed by atoms with van der Waals surface area (Å²) in [5, 5.41) is 37.3. The molecule has 0 spiro atoms. The monoisotopic (exact) mass is 1130 g/mol. The molecule has 0 radical (unpaired) electrons. The van der Waals surface area contributed by atoms with Crippen LogP contribution in [0.1, 0.15) is 116 Å². The van der Waals surface area contributed by atoms with Gasteiger partial charge >= 0.3 is 28.4 Å². The number of aromatic nitrogens is 1. The minimum absolute atomic E-state index is 0.0226. The number of aromatic amines is 1. The number of para-hydroxylation sites is 1. The Labute approximate surface area is 457 Å². The number of fused-ring (bicyclic) bond motifs is 1. The zero-order valence-electron chi connectivity index (χ0n) is 44.8. The normalized spacial score (nSPS) is 14.1. The van der Waals surface area contributed by atoms with E-state index in [4.69, 9.17) is 20.8 Å². The Hall–Kier alpha value is -7.85.